The fraction of sp³-hybridized carbons (Fsp3) is 0.160. The predicted molar refractivity (Wildman–Crippen MR) is 224 cm³/mol. The van der Waals surface area contributed by atoms with E-state index in [0.29, 0.717) is 11.4 Å². The van der Waals surface area contributed by atoms with Crippen molar-refractivity contribution in [2.45, 2.75) is 52.4 Å². The van der Waals surface area contributed by atoms with Gasteiger partial charge in [0.05, 0.1) is 22.3 Å². The Hall–Kier alpha value is -5.57. The summed E-state index contributed by atoms with van der Waals surface area (Å²) in [7, 11) is 0. The van der Waals surface area contributed by atoms with Gasteiger partial charge in [-0.2, -0.15) is 0 Å². The molecule has 8 rings (SSSR count). The predicted octanol–water partition coefficient (Wildman–Crippen LogP) is 12.9. The van der Waals surface area contributed by atoms with Gasteiger partial charge >= 0.3 is 0 Å². The normalized spacial score (nSPS) is 11.7. The van der Waals surface area contributed by atoms with Crippen molar-refractivity contribution in [2.24, 2.45) is 0 Å². The van der Waals surface area contributed by atoms with Crippen LogP contribution < -0.4 is 0 Å². The van der Waals surface area contributed by atoms with Gasteiger partial charge in [-0.3, -0.25) is 9.55 Å². The van der Waals surface area contributed by atoms with Crippen LogP contribution in [0.15, 0.2) is 152 Å². The molecule has 0 atom stereocenters. The average Bonchev–Trinajstić information content (AvgIpc) is 3.57. The molecule has 0 amide bonds. The van der Waals surface area contributed by atoms with E-state index < -0.39 is 0 Å². The monoisotopic (exact) mass is 897 g/mol. The largest absolute Gasteiger partial charge is 0.507 e. The zero-order valence-corrected chi connectivity index (χ0v) is 34.3. The molecule has 0 fully saturated rings. The molecule has 0 aliphatic heterocycles. The van der Waals surface area contributed by atoms with E-state index in [1.807, 2.05) is 24.4 Å². The molecule has 0 saturated heterocycles. The van der Waals surface area contributed by atoms with E-state index in [-0.39, 0.29) is 37.6 Å². The maximum atomic E-state index is 11.6. The first-order chi connectivity index (χ1) is 26.0. The van der Waals surface area contributed by atoms with Gasteiger partial charge in [-0.15, -0.1) is 29.8 Å². The smallest absolute Gasteiger partial charge is 0.148 e. The van der Waals surface area contributed by atoms with Crippen LogP contribution >= 0.6 is 0 Å². The zero-order valence-electron chi connectivity index (χ0n) is 32.0. The van der Waals surface area contributed by atoms with Crippen LogP contribution in [0.4, 0.5) is 0 Å². The number of phenolic OH excluding ortho intramolecular Hbond substituents is 1. The minimum absolute atomic E-state index is 0. The maximum absolute atomic E-state index is 11.6. The van der Waals surface area contributed by atoms with E-state index in [2.05, 4.69) is 174 Å². The van der Waals surface area contributed by atoms with E-state index in [9.17, 15) is 5.11 Å². The van der Waals surface area contributed by atoms with Gasteiger partial charge in [0.25, 0.3) is 0 Å². The van der Waals surface area contributed by atoms with Crippen LogP contribution in [0.1, 0.15) is 52.7 Å². The number of para-hydroxylation sites is 1. The average molecular weight is 898 g/mol. The van der Waals surface area contributed by atoms with Crippen molar-refractivity contribution in [3.05, 3.63) is 169 Å². The van der Waals surface area contributed by atoms with Crippen molar-refractivity contribution in [3.63, 3.8) is 0 Å². The molecule has 2 aromatic heterocycles. The van der Waals surface area contributed by atoms with Crippen LogP contribution in [-0.2, 0) is 31.9 Å². The topological polar surface area (TPSA) is 50.9 Å². The summed E-state index contributed by atoms with van der Waals surface area (Å²) >= 11 is 0. The molecule has 2 heterocycles. The van der Waals surface area contributed by atoms with Crippen molar-refractivity contribution in [2.75, 3.05) is 0 Å². The van der Waals surface area contributed by atoms with Crippen LogP contribution in [-0.4, -0.2) is 19.6 Å². The molecule has 6 aromatic carbocycles. The van der Waals surface area contributed by atoms with Crippen LogP contribution in [0.3, 0.4) is 0 Å². The first-order valence-electron chi connectivity index (χ1n) is 18.6. The molecular formula is C50H44N3OPt-. The number of nitrogens with zero attached hydrogens (tertiary/aromatic N) is 3. The fourth-order valence-electron chi connectivity index (χ4n) is 7.13. The van der Waals surface area contributed by atoms with Crippen LogP contribution in [0.2, 0.25) is 0 Å². The van der Waals surface area contributed by atoms with Crippen LogP contribution in [0.25, 0.3) is 72.7 Å². The Kier molecular flexibility index (Phi) is 10.2. The number of rotatable bonds is 6. The number of aromatic nitrogens is 3. The zero-order chi connectivity index (χ0) is 37.6. The van der Waals surface area contributed by atoms with E-state index >= 15 is 0 Å². The molecule has 0 saturated carbocycles. The Balaban J connectivity index is 0.00000465. The standard InChI is InChI=1S/C50H44N3O.Pt/c1-49(2,3)38-23-25-44(41(31-38)34-17-11-8-12-18-34)53-45-22-14-21-40(47(45)52-48(53)42-32-39(50(4,5)6)24-26-46(42)54)36-19-13-20-37(29-36)43-30-35(27-28-51-43)33-15-9-7-10-16-33;/h7-28,30-32,54H,1-6H3;/q-1;. The minimum atomic E-state index is -0.130. The van der Waals surface area contributed by atoms with Crippen molar-refractivity contribution in [1.29, 1.82) is 0 Å². The molecule has 1 N–H and O–H groups in total. The first kappa shape index (κ1) is 37.7. The molecule has 0 aliphatic carbocycles. The summed E-state index contributed by atoms with van der Waals surface area (Å²) in [5.41, 5.74) is 13.7. The van der Waals surface area contributed by atoms with E-state index in [1.54, 1.807) is 6.07 Å². The van der Waals surface area contributed by atoms with E-state index in [0.717, 1.165) is 66.9 Å². The Morgan fingerprint density at radius 2 is 1.16 bits per heavy atom. The summed E-state index contributed by atoms with van der Waals surface area (Å²) in [5, 5.41) is 11.6. The number of fused-ring (bicyclic) bond motifs is 1. The minimum Gasteiger partial charge on any atom is -0.507 e. The summed E-state index contributed by atoms with van der Waals surface area (Å²) in [6, 6.07) is 53.9. The molecule has 8 aromatic rings. The molecule has 0 bridgehead atoms. The van der Waals surface area contributed by atoms with Crippen LogP contribution in [0.5, 0.6) is 5.75 Å². The van der Waals surface area contributed by atoms with Crippen molar-refractivity contribution < 1.29 is 26.2 Å². The van der Waals surface area contributed by atoms with Gasteiger partial charge in [0.15, 0.2) is 0 Å². The summed E-state index contributed by atoms with van der Waals surface area (Å²) in [5.74, 6) is 0.863. The Labute approximate surface area is 338 Å². The molecule has 0 radical (unpaired) electrons. The van der Waals surface area contributed by atoms with Gasteiger partial charge in [0, 0.05) is 38.5 Å². The Morgan fingerprint density at radius 3 is 1.85 bits per heavy atom. The van der Waals surface area contributed by atoms with E-state index in [1.165, 1.54) is 5.56 Å². The summed E-state index contributed by atoms with van der Waals surface area (Å²) in [6.07, 6.45) is 1.86. The number of pyridine rings is 1. The van der Waals surface area contributed by atoms with E-state index in [4.69, 9.17) is 9.97 Å². The third-order valence-electron chi connectivity index (χ3n) is 10.2. The van der Waals surface area contributed by atoms with Gasteiger partial charge < -0.3 is 5.11 Å². The molecule has 55 heavy (non-hydrogen) atoms. The molecule has 5 heteroatoms. The van der Waals surface area contributed by atoms with Crippen LogP contribution in [0, 0.1) is 6.07 Å². The number of imidazole rings is 1. The van der Waals surface area contributed by atoms with Crippen molar-refractivity contribution >= 4 is 11.0 Å². The molecule has 4 nitrogen and oxygen atoms in total. The summed E-state index contributed by atoms with van der Waals surface area (Å²) in [6.45, 7) is 13.3. The number of phenols is 1. The number of hydrogen-bond acceptors (Lipinski definition) is 3. The third-order valence-corrected chi connectivity index (χ3v) is 10.2. The van der Waals surface area contributed by atoms with Crippen molar-refractivity contribution in [1.82, 2.24) is 14.5 Å². The van der Waals surface area contributed by atoms with Gasteiger partial charge in [0.2, 0.25) is 0 Å². The second-order valence-corrected chi connectivity index (χ2v) is 16.0. The summed E-state index contributed by atoms with van der Waals surface area (Å²) < 4.78 is 2.23. The maximum Gasteiger partial charge on any atom is 0.148 e. The second-order valence-electron chi connectivity index (χ2n) is 16.0. The summed E-state index contributed by atoms with van der Waals surface area (Å²) in [4.78, 5) is 10.2. The Morgan fingerprint density at radius 1 is 0.545 bits per heavy atom. The van der Waals surface area contributed by atoms with Gasteiger partial charge in [-0.05, 0) is 75.0 Å². The Bertz CT molecular complexity index is 2630. The quantitative estimate of drug-likeness (QED) is 0.169. The van der Waals surface area contributed by atoms with Gasteiger partial charge in [-0.25, -0.2) is 4.98 Å². The number of aromatic hydroxyl groups is 1. The fourth-order valence-corrected chi connectivity index (χ4v) is 7.13. The first-order valence-corrected chi connectivity index (χ1v) is 18.6. The molecule has 0 unspecified atom stereocenters. The van der Waals surface area contributed by atoms with Gasteiger partial charge in [-0.1, -0.05) is 144 Å². The third kappa shape index (κ3) is 7.44. The van der Waals surface area contributed by atoms with Crippen molar-refractivity contribution in [3.8, 4) is 67.5 Å². The molecule has 0 aliphatic rings. The molecular weight excluding hydrogens is 854 g/mol. The SMILES string of the molecule is CC(C)(C)c1ccc(O)c(-c2nc3c(-c4[c-]c(-c5cc(-c6ccccc6)ccn5)ccc4)cccc3n2-c2ccc(C(C)(C)C)cc2-c2ccccc2)c1.[Pt]. The number of hydrogen-bond donors (Lipinski definition) is 1. The van der Waals surface area contributed by atoms with Gasteiger partial charge in [0.1, 0.15) is 11.6 Å². The number of benzene rings is 6. The molecule has 276 valence electrons. The second kappa shape index (κ2) is 14.9. The molecule has 0 spiro atoms.